The van der Waals surface area contributed by atoms with Crippen molar-refractivity contribution in [2.24, 2.45) is 0 Å². The lowest BCUT2D eigenvalue weighted by molar-refractivity contribution is -0.120. The second-order valence-corrected chi connectivity index (χ2v) is 8.46. The lowest BCUT2D eigenvalue weighted by Crippen LogP contribution is -2.36. The van der Waals surface area contributed by atoms with Gasteiger partial charge in [-0.1, -0.05) is 81.3 Å². The van der Waals surface area contributed by atoms with Crippen molar-refractivity contribution >= 4 is 17.4 Å². The van der Waals surface area contributed by atoms with E-state index in [4.69, 9.17) is 11.2 Å². The van der Waals surface area contributed by atoms with Gasteiger partial charge >= 0.3 is 0 Å². The third kappa shape index (κ3) is 5.44. The van der Waals surface area contributed by atoms with Gasteiger partial charge in [-0.2, -0.15) is 0 Å². The third-order valence-electron chi connectivity index (χ3n) is 5.11. The fraction of sp³-hybridized carbons (Fsp3) is 0.214. The normalized spacial score (nSPS) is 10.8. The zero-order valence-corrected chi connectivity index (χ0v) is 18.7. The average Bonchev–Trinajstić information content (AvgIpc) is 2.81. The van der Waals surface area contributed by atoms with Crippen LogP contribution in [0.5, 0.6) is 5.75 Å². The fourth-order valence-corrected chi connectivity index (χ4v) is 3.32. The van der Waals surface area contributed by atoms with E-state index in [1.807, 2.05) is 30.3 Å². The molecule has 32 heavy (non-hydrogen) atoms. The van der Waals surface area contributed by atoms with Gasteiger partial charge in [-0.05, 0) is 35.2 Å². The Kier molecular flexibility index (Phi) is 7.12. The number of hydrogen-bond donors (Lipinski definition) is 0. The second-order valence-electron chi connectivity index (χ2n) is 8.46. The van der Waals surface area contributed by atoms with Crippen LogP contribution >= 0.6 is 0 Å². The molecular formula is C28H27NO3. The van der Waals surface area contributed by atoms with E-state index in [2.05, 4.69) is 26.7 Å². The Morgan fingerprint density at radius 1 is 0.906 bits per heavy atom. The molecule has 0 radical (unpaired) electrons. The SMILES string of the molecule is C#CCN(C(=O)COc1ccc(C(C)(C)C)cc1)c1ccccc1C(=O)c1ccccc1. The lowest BCUT2D eigenvalue weighted by atomic mass is 9.87. The maximum absolute atomic E-state index is 13.1. The molecule has 3 aromatic rings. The van der Waals surface area contributed by atoms with Gasteiger partial charge < -0.3 is 4.74 Å². The largest absolute Gasteiger partial charge is 0.484 e. The highest BCUT2D eigenvalue weighted by Crippen LogP contribution is 2.26. The molecule has 0 atom stereocenters. The van der Waals surface area contributed by atoms with Crippen LogP contribution in [0.2, 0.25) is 0 Å². The highest BCUT2D eigenvalue weighted by atomic mass is 16.5. The van der Waals surface area contributed by atoms with Crippen LogP contribution in [0.15, 0.2) is 78.9 Å². The predicted molar refractivity (Wildman–Crippen MR) is 128 cm³/mol. The molecule has 1 amide bonds. The first-order valence-electron chi connectivity index (χ1n) is 10.5. The molecule has 0 heterocycles. The Balaban J connectivity index is 1.80. The van der Waals surface area contributed by atoms with E-state index in [9.17, 15) is 9.59 Å². The van der Waals surface area contributed by atoms with E-state index < -0.39 is 0 Å². The molecule has 0 fully saturated rings. The monoisotopic (exact) mass is 425 g/mol. The Morgan fingerprint density at radius 3 is 2.16 bits per heavy atom. The summed E-state index contributed by atoms with van der Waals surface area (Å²) >= 11 is 0. The van der Waals surface area contributed by atoms with Gasteiger partial charge in [0.25, 0.3) is 5.91 Å². The Bertz CT molecular complexity index is 1120. The van der Waals surface area contributed by atoms with Crippen molar-refractivity contribution in [3.8, 4) is 18.1 Å². The predicted octanol–water partition coefficient (Wildman–Crippen LogP) is 5.26. The van der Waals surface area contributed by atoms with E-state index in [0.29, 0.717) is 22.6 Å². The standard InChI is InChI=1S/C28H27NO3/c1-5-19-29(26(30)20-32-23-17-15-22(16-18-23)28(2,3)4)25-14-10-9-13-24(25)27(31)21-11-7-6-8-12-21/h1,6-18H,19-20H2,2-4H3. The number of para-hydroxylation sites is 1. The van der Waals surface area contributed by atoms with Crippen LogP contribution in [-0.4, -0.2) is 24.8 Å². The van der Waals surface area contributed by atoms with Crippen molar-refractivity contribution in [1.29, 1.82) is 0 Å². The quantitative estimate of drug-likeness (QED) is 0.383. The zero-order chi connectivity index (χ0) is 23.1. The van der Waals surface area contributed by atoms with Gasteiger partial charge in [0.05, 0.1) is 12.2 Å². The number of nitrogens with zero attached hydrogens (tertiary/aromatic N) is 1. The minimum Gasteiger partial charge on any atom is -0.484 e. The maximum Gasteiger partial charge on any atom is 0.265 e. The Hall–Kier alpha value is -3.84. The number of amides is 1. The molecule has 0 saturated heterocycles. The molecule has 4 heteroatoms. The van der Waals surface area contributed by atoms with Crippen LogP contribution in [0.25, 0.3) is 0 Å². The van der Waals surface area contributed by atoms with E-state index in [1.54, 1.807) is 48.5 Å². The number of carbonyl (C=O) groups is 2. The van der Waals surface area contributed by atoms with Crippen molar-refractivity contribution in [1.82, 2.24) is 0 Å². The van der Waals surface area contributed by atoms with Gasteiger partial charge in [0, 0.05) is 11.1 Å². The molecule has 0 spiro atoms. The number of carbonyl (C=O) groups excluding carboxylic acids is 2. The van der Waals surface area contributed by atoms with E-state index in [0.717, 1.165) is 0 Å². The molecule has 0 bridgehead atoms. The zero-order valence-electron chi connectivity index (χ0n) is 18.7. The van der Waals surface area contributed by atoms with Gasteiger partial charge in [-0.25, -0.2) is 0 Å². The average molecular weight is 426 g/mol. The molecule has 0 aliphatic rings. The molecule has 0 aromatic heterocycles. The maximum atomic E-state index is 13.1. The summed E-state index contributed by atoms with van der Waals surface area (Å²) in [5.74, 6) is 2.62. The number of terminal acetylenes is 1. The van der Waals surface area contributed by atoms with Crippen molar-refractivity contribution in [3.05, 3.63) is 95.6 Å². The van der Waals surface area contributed by atoms with Crippen molar-refractivity contribution in [2.45, 2.75) is 26.2 Å². The number of hydrogen-bond acceptors (Lipinski definition) is 3. The minimum atomic E-state index is -0.323. The number of benzene rings is 3. The van der Waals surface area contributed by atoms with Crippen LogP contribution in [0, 0.1) is 12.3 Å². The van der Waals surface area contributed by atoms with Crippen molar-refractivity contribution in [2.75, 3.05) is 18.1 Å². The molecule has 162 valence electrons. The molecule has 3 rings (SSSR count). The molecule has 3 aromatic carbocycles. The first-order valence-corrected chi connectivity index (χ1v) is 10.5. The molecule has 0 aliphatic heterocycles. The smallest absolute Gasteiger partial charge is 0.265 e. The van der Waals surface area contributed by atoms with Gasteiger partial charge in [0.1, 0.15) is 5.75 Å². The van der Waals surface area contributed by atoms with Crippen LogP contribution in [0.3, 0.4) is 0 Å². The molecule has 0 unspecified atom stereocenters. The van der Waals surface area contributed by atoms with E-state index in [-0.39, 0.29) is 30.3 Å². The fourth-order valence-electron chi connectivity index (χ4n) is 3.32. The summed E-state index contributed by atoms with van der Waals surface area (Å²) in [4.78, 5) is 27.5. The summed E-state index contributed by atoms with van der Waals surface area (Å²) in [5.41, 5.74) is 2.64. The first kappa shape index (κ1) is 22.8. The molecule has 0 saturated carbocycles. The topological polar surface area (TPSA) is 46.6 Å². The van der Waals surface area contributed by atoms with Crippen molar-refractivity contribution < 1.29 is 14.3 Å². The lowest BCUT2D eigenvalue weighted by Gasteiger charge is -2.23. The first-order chi connectivity index (χ1) is 15.3. The summed E-state index contributed by atoms with van der Waals surface area (Å²) in [6, 6.07) is 23.6. The Labute approximate surface area is 189 Å². The summed E-state index contributed by atoms with van der Waals surface area (Å²) in [5, 5.41) is 0. The minimum absolute atomic E-state index is 0.0320. The van der Waals surface area contributed by atoms with Crippen LogP contribution in [0.4, 0.5) is 5.69 Å². The van der Waals surface area contributed by atoms with Gasteiger partial charge in [-0.15, -0.1) is 6.42 Å². The molecule has 4 nitrogen and oxygen atoms in total. The van der Waals surface area contributed by atoms with Gasteiger partial charge in [0.15, 0.2) is 12.4 Å². The molecular weight excluding hydrogens is 398 g/mol. The summed E-state index contributed by atoms with van der Waals surface area (Å²) in [7, 11) is 0. The van der Waals surface area contributed by atoms with Crippen LogP contribution < -0.4 is 9.64 Å². The van der Waals surface area contributed by atoms with Crippen molar-refractivity contribution in [3.63, 3.8) is 0 Å². The van der Waals surface area contributed by atoms with Crippen LogP contribution in [0.1, 0.15) is 42.3 Å². The number of ketones is 1. The molecule has 0 N–H and O–H groups in total. The summed E-state index contributed by atoms with van der Waals surface area (Å²) < 4.78 is 5.72. The van der Waals surface area contributed by atoms with Gasteiger partial charge in [-0.3, -0.25) is 14.5 Å². The van der Waals surface area contributed by atoms with Crippen LogP contribution in [-0.2, 0) is 10.2 Å². The van der Waals surface area contributed by atoms with E-state index >= 15 is 0 Å². The summed E-state index contributed by atoms with van der Waals surface area (Å²) in [6.07, 6.45) is 5.54. The second kappa shape index (κ2) is 9.98. The number of anilines is 1. The number of ether oxygens (including phenoxy) is 1. The Morgan fingerprint density at radius 2 is 1.53 bits per heavy atom. The highest BCUT2D eigenvalue weighted by Gasteiger charge is 2.22. The van der Waals surface area contributed by atoms with Gasteiger partial charge in [0.2, 0.25) is 0 Å². The third-order valence-corrected chi connectivity index (χ3v) is 5.11. The summed E-state index contributed by atoms with van der Waals surface area (Å²) in [6.45, 7) is 6.25. The highest BCUT2D eigenvalue weighted by molar-refractivity contribution is 6.14. The number of rotatable bonds is 7. The van der Waals surface area contributed by atoms with E-state index in [1.165, 1.54) is 10.5 Å². The molecule has 0 aliphatic carbocycles.